The maximum Gasteiger partial charge on any atom is 0.446 e. The Morgan fingerprint density at radius 3 is 2.23 bits per heavy atom. The van der Waals surface area contributed by atoms with Crippen molar-refractivity contribution in [3.8, 4) is 11.8 Å². The van der Waals surface area contributed by atoms with Crippen LogP contribution in [-0.2, 0) is 6.18 Å². The van der Waals surface area contributed by atoms with Gasteiger partial charge in [-0.1, -0.05) is 30.1 Å². The minimum absolute atomic E-state index is 0.205. The molecule has 0 aliphatic carbocycles. The number of rotatable bonds is 7. The highest BCUT2D eigenvalue weighted by atomic mass is 35.5. The van der Waals surface area contributed by atoms with Crippen LogP contribution in [0.15, 0.2) is 17.0 Å². The molecule has 0 saturated carbocycles. The van der Waals surface area contributed by atoms with E-state index < -0.39 is 49.6 Å². The van der Waals surface area contributed by atoms with E-state index in [1.54, 1.807) is 6.07 Å². The zero-order chi connectivity index (χ0) is 22.7. The third kappa shape index (κ3) is 6.06. The third-order valence-electron chi connectivity index (χ3n) is 3.46. The molecule has 164 valence electrons. The first-order chi connectivity index (χ1) is 13.9. The van der Waals surface area contributed by atoms with E-state index in [0.29, 0.717) is 17.9 Å². The molecule has 0 bridgehead atoms. The van der Waals surface area contributed by atoms with Gasteiger partial charge in [0.15, 0.2) is 5.69 Å². The van der Waals surface area contributed by atoms with Crippen LogP contribution in [-0.4, -0.2) is 33.3 Å². The number of thioether (sulfide) groups is 2. The summed E-state index contributed by atoms with van der Waals surface area (Å²) in [5, 5.41) is 14.8. The van der Waals surface area contributed by atoms with Crippen LogP contribution in [0.5, 0.6) is 0 Å². The fourth-order valence-corrected chi connectivity index (χ4v) is 4.18. The normalized spacial score (nSPS) is 12.1. The molecule has 0 fully saturated rings. The van der Waals surface area contributed by atoms with Crippen molar-refractivity contribution in [1.82, 2.24) is 9.78 Å². The Hall–Kier alpha value is -1.42. The maximum absolute atomic E-state index is 13.0. The number of alkyl halides is 6. The van der Waals surface area contributed by atoms with Crippen molar-refractivity contribution in [2.75, 3.05) is 23.4 Å². The molecule has 2 aromatic rings. The van der Waals surface area contributed by atoms with Gasteiger partial charge in [0.05, 0.1) is 20.5 Å². The number of hydrogen-bond acceptors (Lipinski definition) is 5. The van der Waals surface area contributed by atoms with Crippen LogP contribution in [0.1, 0.15) is 18.2 Å². The van der Waals surface area contributed by atoms with Crippen LogP contribution in [0.25, 0.3) is 5.69 Å². The van der Waals surface area contributed by atoms with Crippen LogP contribution < -0.4 is 5.32 Å². The van der Waals surface area contributed by atoms with E-state index in [2.05, 4.69) is 10.4 Å². The zero-order valence-corrected chi connectivity index (χ0v) is 18.1. The number of nitrogens with one attached hydrogen (secondary N) is 1. The first-order valence-corrected chi connectivity index (χ1v) is 10.8. The van der Waals surface area contributed by atoms with E-state index in [9.17, 15) is 31.6 Å². The van der Waals surface area contributed by atoms with Gasteiger partial charge in [-0.25, -0.2) is 4.68 Å². The van der Waals surface area contributed by atoms with Gasteiger partial charge in [-0.2, -0.15) is 48.5 Å². The number of halogens is 8. The molecule has 0 radical (unpaired) electrons. The van der Waals surface area contributed by atoms with Crippen LogP contribution in [0.2, 0.25) is 10.0 Å². The molecule has 0 spiro atoms. The van der Waals surface area contributed by atoms with Crippen molar-refractivity contribution in [3.63, 3.8) is 0 Å². The Labute approximate surface area is 185 Å². The molecular weight excluding hydrogens is 497 g/mol. The number of aromatic nitrogens is 2. The van der Waals surface area contributed by atoms with Gasteiger partial charge in [-0.05, 0) is 29.6 Å². The second kappa shape index (κ2) is 9.80. The van der Waals surface area contributed by atoms with Crippen molar-refractivity contribution in [1.29, 1.82) is 5.26 Å². The molecule has 1 aromatic heterocycles. The summed E-state index contributed by atoms with van der Waals surface area (Å²) in [7, 11) is 0. The molecule has 2 rings (SSSR count). The van der Waals surface area contributed by atoms with Crippen molar-refractivity contribution in [2.24, 2.45) is 0 Å². The molecule has 4 nitrogen and oxygen atoms in total. The van der Waals surface area contributed by atoms with Crippen molar-refractivity contribution in [3.05, 3.63) is 33.4 Å². The van der Waals surface area contributed by atoms with Gasteiger partial charge in [-0.15, -0.1) is 0 Å². The molecule has 0 amide bonds. The second-order valence-corrected chi connectivity index (χ2v) is 8.79. The van der Waals surface area contributed by atoms with Gasteiger partial charge in [0.1, 0.15) is 17.6 Å². The highest BCUT2D eigenvalue weighted by Gasteiger charge is 2.36. The zero-order valence-electron chi connectivity index (χ0n) is 15.0. The molecule has 30 heavy (non-hydrogen) atoms. The summed E-state index contributed by atoms with van der Waals surface area (Å²) >= 11 is 12.9. The van der Waals surface area contributed by atoms with E-state index in [-0.39, 0.29) is 18.1 Å². The SMILES string of the molecule is CCSCCNc1c(SC(F)(F)F)c(C#N)nn1-c1c(Cl)cc(C(F)(F)F)cc1Cl. The highest BCUT2D eigenvalue weighted by molar-refractivity contribution is 8.00. The van der Waals surface area contributed by atoms with Crippen molar-refractivity contribution < 1.29 is 26.3 Å². The lowest BCUT2D eigenvalue weighted by Gasteiger charge is -2.16. The summed E-state index contributed by atoms with van der Waals surface area (Å²) in [6.07, 6.45) is -4.73. The lowest BCUT2D eigenvalue weighted by Crippen LogP contribution is -2.12. The van der Waals surface area contributed by atoms with E-state index in [1.165, 1.54) is 11.8 Å². The predicted octanol–water partition coefficient (Wildman–Crippen LogP) is 6.85. The number of benzene rings is 1. The summed E-state index contributed by atoms with van der Waals surface area (Å²) < 4.78 is 78.9. The summed E-state index contributed by atoms with van der Waals surface area (Å²) in [5.41, 5.74) is -6.72. The molecule has 1 aromatic carbocycles. The maximum atomic E-state index is 13.0. The average Bonchev–Trinajstić information content (AvgIpc) is 2.93. The molecule has 14 heteroatoms. The van der Waals surface area contributed by atoms with Gasteiger partial charge >= 0.3 is 11.7 Å². The Balaban J connectivity index is 2.65. The molecule has 0 saturated heterocycles. The average molecular weight is 509 g/mol. The standard InChI is InChI=1S/C16H12Cl2F6N4S2/c1-2-29-4-3-26-14-13(30-16(22,23)24)11(7-25)27-28(14)12-9(17)5-8(6-10(12)18)15(19,20)21/h5-6,26H,2-4H2,1H3. The second-order valence-electron chi connectivity index (χ2n) is 5.51. The summed E-state index contributed by atoms with van der Waals surface area (Å²) in [5.74, 6) is 1.05. The van der Waals surface area contributed by atoms with Crippen LogP contribution in [0.3, 0.4) is 0 Å². The minimum atomic E-state index is -4.73. The molecule has 0 aliphatic heterocycles. The molecule has 0 unspecified atom stereocenters. The lowest BCUT2D eigenvalue weighted by atomic mass is 10.2. The topological polar surface area (TPSA) is 53.6 Å². The number of hydrogen-bond donors (Lipinski definition) is 1. The Morgan fingerprint density at radius 2 is 1.77 bits per heavy atom. The van der Waals surface area contributed by atoms with Crippen LogP contribution in [0, 0.1) is 11.3 Å². The van der Waals surface area contributed by atoms with Crippen molar-refractivity contribution >= 4 is 52.5 Å². The van der Waals surface area contributed by atoms with Crippen LogP contribution >= 0.6 is 46.7 Å². The fourth-order valence-electron chi connectivity index (χ4n) is 2.32. The fraction of sp³-hybridized carbons (Fsp3) is 0.375. The molecule has 0 atom stereocenters. The van der Waals surface area contributed by atoms with Gasteiger partial charge in [0.25, 0.3) is 0 Å². The van der Waals surface area contributed by atoms with E-state index in [4.69, 9.17) is 23.2 Å². The molecule has 1 heterocycles. The quantitative estimate of drug-likeness (QED) is 0.252. The van der Waals surface area contributed by atoms with Crippen LogP contribution in [0.4, 0.5) is 32.2 Å². The lowest BCUT2D eigenvalue weighted by molar-refractivity contribution is -0.137. The third-order valence-corrected chi connectivity index (χ3v) is 5.76. The summed E-state index contributed by atoms with van der Waals surface area (Å²) in [6, 6.07) is 2.73. The van der Waals surface area contributed by atoms with E-state index in [0.717, 1.165) is 10.4 Å². The van der Waals surface area contributed by atoms with Gasteiger partial charge < -0.3 is 5.32 Å². The van der Waals surface area contributed by atoms with Gasteiger partial charge in [0, 0.05) is 12.3 Å². The number of nitrogens with zero attached hydrogens (tertiary/aromatic N) is 3. The van der Waals surface area contributed by atoms with Gasteiger partial charge in [-0.3, -0.25) is 0 Å². The van der Waals surface area contributed by atoms with Crippen molar-refractivity contribution in [2.45, 2.75) is 23.5 Å². The first-order valence-electron chi connectivity index (χ1n) is 8.06. The summed E-state index contributed by atoms with van der Waals surface area (Å²) in [6.45, 7) is 2.10. The largest absolute Gasteiger partial charge is 0.446 e. The van der Waals surface area contributed by atoms with E-state index >= 15 is 0 Å². The first kappa shape index (κ1) is 24.8. The Bertz CT molecular complexity index is 930. The Morgan fingerprint density at radius 1 is 1.17 bits per heavy atom. The Kier molecular flexibility index (Phi) is 8.12. The molecular formula is C16H12Cl2F6N4S2. The molecule has 0 aliphatic rings. The predicted molar refractivity (Wildman–Crippen MR) is 107 cm³/mol. The minimum Gasteiger partial charge on any atom is -0.368 e. The highest BCUT2D eigenvalue weighted by Crippen LogP contribution is 2.45. The number of anilines is 1. The smallest absolute Gasteiger partial charge is 0.368 e. The van der Waals surface area contributed by atoms with E-state index in [1.807, 2.05) is 6.92 Å². The van der Waals surface area contributed by atoms with Gasteiger partial charge in [0.2, 0.25) is 0 Å². The number of nitriles is 1. The monoisotopic (exact) mass is 508 g/mol. The molecule has 1 N–H and O–H groups in total. The summed E-state index contributed by atoms with van der Waals surface area (Å²) in [4.78, 5) is -0.529.